The van der Waals surface area contributed by atoms with E-state index in [1.165, 1.54) is 5.56 Å². The van der Waals surface area contributed by atoms with Crippen molar-refractivity contribution in [1.82, 2.24) is 0 Å². The third kappa shape index (κ3) is 8.56. The number of benzene rings is 3. The van der Waals surface area contributed by atoms with E-state index < -0.39 is 48.8 Å². The van der Waals surface area contributed by atoms with Crippen LogP contribution in [-0.4, -0.2) is 47.3 Å². The van der Waals surface area contributed by atoms with Gasteiger partial charge < -0.3 is 33.6 Å². The van der Waals surface area contributed by atoms with Crippen LogP contribution in [0.4, 0.5) is 0 Å². The van der Waals surface area contributed by atoms with E-state index in [1.54, 1.807) is 26.0 Å². The number of ether oxygens (including phenoxy) is 4. The zero-order valence-electron chi connectivity index (χ0n) is 30.8. The van der Waals surface area contributed by atoms with Crippen molar-refractivity contribution in [3.8, 4) is 5.75 Å². The molecular weight excluding hydrogens is 676 g/mol. The second-order valence-electron chi connectivity index (χ2n) is 14.7. The molecule has 3 aromatic carbocycles. The largest absolute Gasteiger partial charge is 0.483 e. The van der Waals surface area contributed by atoms with Crippen LogP contribution in [0.5, 0.6) is 5.75 Å². The highest BCUT2D eigenvalue weighted by Crippen LogP contribution is 2.47. The predicted molar refractivity (Wildman–Crippen MR) is 198 cm³/mol. The van der Waals surface area contributed by atoms with Gasteiger partial charge in [0.1, 0.15) is 23.7 Å². The number of allylic oxidation sites excluding steroid dienone is 1. The Morgan fingerprint density at radius 3 is 2.28 bits per heavy atom. The summed E-state index contributed by atoms with van der Waals surface area (Å²) in [6, 6.07) is 21.9. The van der Waals surface area contributed by atoms with E-state index in [-0.39, 0.29) is 42.1 Å². The first-order chi connectivity index (χ1) is 25.5. The maximum Gasteiger partial charge on any atom is 0.339 e. The molecule has 3 aliphatic heterocycles. The third-order valence-corrected chi connectivity index (χ3v) is 10.3. The summed E-state index contributed by atoms with van der Waals surface area (Å²) in [5, 5.41) is 20.0. The second-order valence-corrected chi connectivity index (χ2v) is 14.7. The third-order valence-electron chi connectivity index (χ3n) is 10.3. The maximum atomic E-state index is 14.2. The first-order valence-electron chi connectivity index (χ1n) is 18.3. The lowest BCUT2D eigenvalue weighted by atomic mass is 9.86. The number of esters is 2. The molecule has 0 unspecified atom stereocenters. The van der Waals surface area contributed by atoms with E-state index in [4.69, 9.17) is 28.5 Å². The molecule has 0 saturated carbocycles. The summed E-state index contributed by atoms with van der Waals surface area (Å²) >= 11 is 0. The Kier molecular flexibility index (Phi) is 11.8. The van der Waals surface area contributed by atoms with Crippen molar-refractivity contribution in [1.29, 1.82) is 0 Å². The van der Waals surface area contributed by atoms with Crippen molar-refractivity contribution < 1.29 is 43.2 Å². The average Bonchev–Trinajstić information content (AvgIpc) is 3.12. The molecule has 0 amide bonds. The average molecular weight is 725 g/mol. The number of fused-ring (bicyclic) bond motifs is 13. The van der Waals surface area contributed by atoms with Gasteiger partial charge in [0, 0.05) is 29.4 Å². The fraction of sp³-hybridized carbons (Fsp3) is 0.419. The van der Waals surface area contributed by atoms with E-state index in [1.807, 2.05) is 32.0 Å². The van der Waals surface area contributed by atoms with Gasteiger partial charge in [-0.2, -0.15) is 0 Å². The Hall–Kier alpha value is -4.77. The van der Waals surface area contributed by atoms with Gasteiger partial charge in [0.15, 0.2) is 12.2 Å². The number of hydrogen-bond acceptors (Lipinski definition) is 10. The minimum absolute atomic E-state index is 0.0301. The first kappa shape index (κ1) is 38.0. The molecule has 0 saturated heterocycles. The van der Waals surface area contributed by atoms with Crippen molar-refractivity contribution in [2.24, 2.45) is 5.92 Å². The fourth-order valence-electron chi connectivity index (χ4n) is 7.49. The minimum atomic E-state index is -1.22. The first-order valence-corrected chi connectivity index (χ1v) is 18.3. The smallest absolute Gasteiger partial charge is 0.339 e. The molecular formula is C43H48O10. The number of carbonyl (C=O) groups is 2. The van der Waals surface area contributed by atoms with E-state index in [2.05, 4.69) is 36.4 Å². The number of aryl methyl sites for hydroxylation is 2. The summed E-state index contributed by atoms with van der Waals surface area (Å²) in [5.74, 6) is -0.817. The number of rotatable bonds is 8. The number of aliphatic hydroxyl groups excluding tert-OH is 2. The van der Waals surface area contributed by atoms with Crippen LogP contribution in [-0.2, 0) is 56.1 Å². The number of carbonyl (C=O) groups excluding carboxylic acids is 2. The highest BCUT2D eigenvalue weighted by Gasteiger charge is 2.50. The summed E-state index contributed by atoms with van der Waals surface area (Å²) in [4.78, 5) is 41.8. The van der Waals surface area contributed by atoms with Crippen molar-refractivity contribution >= 4 is 22.9 Å². The van der Waals surface area contributed by atoms with Gasteiger partial charge in [0.2, 0.25) is 0 Å². The molecule has 3 aliphatic rings. The van der Waals surface area contributed by atoms with Crippen LogP contribution in [0.1, 0.15) is 86.4 Å². The summed E-state index contributed by atoms with van der Waals surface area (Å²) in [7, 11) is 0. The lowest BCUT2D eigenvalue weighted by molar-refractivity contribution is -0.188. The summed E-state index contributed by atoms with van der Waals surface area (Å²) in [6.45, 7) is 6.29. The van der Waals surface area contributed by atoms with Crippen molar-refractivity contribution in [3.63, 3.8) is 0 Å². The monoisotopic (exact) mass is 724 g/mol. The van der Waals surface area contributed by atoms with Crippen LogP contribution in [0.2, 0.25) is 0 Å². The molecule has 0 fully saturated rings. The molecule has 0 radical (unpaired) electrons. The molecule has 0 spiro atoms. The van der Waals surface area contributed by atoms with E-state index in [0.29, 0.717) is 41.5 Å². The molecule has 10 heteroatoms. The van der Waals surface area contributed by atoms with Crippen molar-refractivity contribution in [2.75, 3.05) is 13.4 Å². The van der Waals surface area contributed by atoms with Crippen LogP contribution >= 0.6 is 0 Å². The fourth-order valence-corrected chi connectivity index (χ4v) is 7.49. The molecule has 4 aromatic rings. The topological polar surface area (TPSA) is 142 Å². The van der Waals surface area contributed by atoms with Crippen LogP contribution in [0.15, 0.2) is 87.1 Å². The molecule has 10 nitrogen and oxygen atoms in total. The van der Waals surface area contributed by atoms with Crippen LogP contribution in [0, 0.1) is 5.92 Å². The highest BCUT2D eigenvalue weighted by molar-refractivity contribution is 5.90. The van der Waals surface area contributed by atoms with Crippen LogP contribution in [0.25, 0.3) is 11.0 Å². The number of aliphatic hydroxyl groups is 2. The molecule has 1 aromatic heterocycles. The number of hydrogen-bond donors (Lipinski definition) is 2. The van der Waals surface area contributed by atoms with Gasteiger partial charge in [0.05, 0.1) is 18.8 Å². The molecule has 2 bridgehead atoms. The zero-order valence-corrected chi connectivity index (χ0v) is 30.8. The summed E-state index contributed by atoms with van der Waals surface area (Å²) in [6.07, 6.45) is 1.07. The highest BCUT2D eigenvalue weighted by atomic mass is 16.6. The molecule has 0 aliphatic carbocycles. The Morgan fingerprint density at radius 1 is 0.849 bits per heavy atom. The normalized spacial score (nSPS) is 20.3. The Morgan fingerprint density at radius 2 is 1.58 bits per heavy atom. The minimum Gasteiger partial charge on any atom is -0.483 e. The SMILES string of the molecule is CC(C)=C1CCc2ccc(cc2)C[C@@H](CCc2ccccc2)CC(=O)O[C@H]2c3c(ccc4c(CO)c(CCOCO)c(=O)oc34)OC(C)(C)[C@H]2OC1=O. The van der Waals surface area contributed by atoms with Gasteiger partial charge in [-0.05, 0) is 100 Å². The van der Waals surface area contributed by atoms with Gasteiger partial charge in [-0.25, -0.2) is 9.59 Å². The van der Waals surface area contributed by atoms with Crippen molar-refractivity contribution in [2.45, 2.75) is 97.1 Å². The van der Waals surface area contributed by atoms with E-state index >= 15 is 0 Å². The predicted octanol–water partition coefficient (Wildman–Crippen LogP) is 6.63. The maximum absolute atomic E-state index is 14.2. The molecule has 4 heterocycles. The van der Waals surface area contributed by atoms with Crippen molar-refractivity contribution in [3.05, 3.63) is 122 Å². The van der Waals surface area contributed by atoms with Gasteiger partial charge in [-0.1, -0.05) is 60.2 Å². The Labute approximate surface area is 309 Å². The lowest BCUT2D eigenvalue weighted by Gasteiger charge is -2.43. The Bertz CT molecular complexity index is 2020. The summed E-state index contributed by atoms with van der Waals surface area (Å²) < 4.78 is 30.2. The standard InChI is InChI=1S/C43H48O10/c1-26(2)31-17-16-28-10-13-29(14-11-28)22-30(15-12-27-8-6-5-7-9-27)23-36(46)50-39-37-35(53-43(3,4)40(39)52-41(31)47)19-18-32-34(24-44)33(20-21-49-25-45)42(48)51-38(32)37/h5-11,13-14,18-19,30,39-40,44-45H,12,15-17,20-25H2,1-4H3/t30-,39+,40+/m1/s1. The van der Waals surface area contributed by atoms with E-state index in [0.717, 1.165) is 29.5 Å². The van der Waals surface area contributed by atoms with Gasteiger partial charge in [-0.15, -0.1) is 0 Å². The Balaban J connectivity index is 1.46. The molecule has 7 rings (SSSR count). The van der Waals surface area contributed by atoms with Gasteiger partial charge >= 0.3 is 17.6 Å². The zero-order chi connectivity index (χ0) is 37.7. The van der Waals surface area contributed by atoms with Gasteiger partial charge in [-0.3, -0.25) is 4.79 Å². The van der Waals surface area contributed by atoms with Crippen LogP contribution < -0.4 is 10.4 Å². The van der Waals surface area contributed by atoms with Gasteiger partial charge in [0.25, 0.3) is 0 Å². The van der Waals surface area contributed by atoms with E-state index in [9.17, 15) is 19.5 Å². The molecule has 53 heavy (non-hydrogen) atoms. The van der Waals surface area contributed by atoms with Crippen LogP contribution in [0.3, 0.4) is 0 Å². The summed E-state index contributed by atoms with van der Waals surface area (Å²) in [5.41, 5.74) is 3.61. The molecule has 2 N–H and O–H groups in total. The second kappa shape index (κ2) is 16.5. The molecule has 3 atom stereocenters. The molecule has 280 valence electrons. The quantitative estimate of drug-likeness (QED) is 0.0669. The lowest BCUT2D eigenvalue weighted by Crippen LogP contribution is -2.52.